The summed E-state index contributed by atoms with van der Waals surface area (Å²) in [5, 5.41) is 2.58. The lowest BCUT2D eigenvalue weighted by molar-refractivity contribution is -0.114. The Kier molecular flexibility index (Phi) is 8.79. The summed E-state index contributed by atoms with van der Waals surface area (Å²) in [6, 6.07) is 15.9. The molecule has 0 saturated carbocycles. The Labute approximate surface area is 209 Å². The van der Waals surface area contributed by atoms with Crippen molar-refractivity contribution in [1.29, 1.82) is 0 Å². The maximum atomic E-state index is 13.3. The van der Waals surface area contributed by atoms with Crippen molar-refractivity contribution in [2.24, 2.45) is 0 Å². The smallest absolute Gasteiger partial charge is 0.339 e. The third-order valence-electron chi connectivity index (χ3n) is 4.92. The highest BCUT2D eigenvalue weighted by molar-refractivity contribution is 7.89. The first-order valence-electron chi connectivity index (χ1n) is 10.7. The second-order valence-corrected chi connectivity index (χ2v) is 11.2. The van der Waals surface area contributed by atoms with Crippen molar-refractivity contribution >= 4 is 31.7 Å². The van der Waals surface area contributed by atoms with E-state index in [1.165, 1.54) is 60.8 Å². The number of anilines is 1. The Morgan fingerprint density at radius 1 is 0.944 bits per heavy atom. The minimum Gasteiger partial charge on any atom is -0.383 e. The average Bonchev–Trinajstić information content (AvgIpc) is 2.82. The molecule has 1 N–H and O–H groups in total. The Balaban J connectivity index is 1.83. The molecule has 3 rings (SSSR count). The van der Waals surface area contributed by atoms with Gasteiger partial charge in [0.1, 0.15) is 16.5 Å². The molecule has 0 aromatic heterocycles. The van der Waals surface area contributed by atoms with Gasteiger partial charge in [-0.1, -0.05) is 12.1 Å². The van der Waals surface area contributed by atoms with Gasteiger partial charge >= 0.3 is 10.1 Å². The topological polar surface area (TPSA) is 119 Å². The van der Waals surface area contributed by atoms with Crippen molar-refractivity contribution in [1.82, 2.24) is 4.31 Å². The van der Waals surface area contributed by atoms with Crippen molar-refractivity contribution in [2.45, 2.75) is 23.3 Å². The molecular formula is C24H25FN2O7S2. The van der Waals surface area contributed by atoms with E-state index >= 15 is 0 Å². The number of carbonyl (C=O) groups excluding carboxylic acids is 1. The maximum Gasteiger partial charge on any atom is 0.339 e. The number of sulfonamides is 1. The summed E-state index contributed by atoms with van der Waals surface area (Å²) in [5.41, 5.74) is 0.924. The monoisotopic (exact) mass is 536 g/mol. The van der Waals surface area contributed by atoms with Gasteiger partial charge in [-0.2, -0.15) is 12.7 Å². The second kappa shape index (κ2) is 11.6. The van der Waals surface area contributed by atoms with Gasteiger partial charge in [-0.25, -0.2) is 12.8 Å². The van der Waals surface area contributed by atoms with Crippen LogP contribution in [0.15, 0.2) is 82.6 Å². The number of rotatable bonds is 11. The van der Waals surface area contributed by atoms with Gasteiger partial charge < -0.3 is 14.2 Å². The molecule has 3 aromatic carbocycles. The number of nitrogens with zero attached hydrogens (tertiary/aromatic N) is 1. The molecule has 0 aliphatic carbocycles. The molecule has 0 atom stereocenters. The first kappa shape index (κ1) is 27.3. The molecular weight excluding hydrogens is 511 g/mol. The third kappa shape index (κ3) is 7.10. The van der Waals surface area contributed by atoms with Crippen LogP contribution in [0.3, 0.4) is 0 Å². The number of ether oxygens (including phenoxy) is 1. The number of nitrogens with one attached hydrogen (secondary N) is 1. The molecule has 0 saturated heterocycles. The van der Waals surface area contributed by atoms with Crippen LogP contribution in [0.2, 0.25) is 0 Å². The number of hydrogen-bond acceptors (Lipinski definition) is 7. The van der Waals surface area contributed by atoms with E-state index in [1.54, 1.807) is 6.07 Å². The van der Waals surface area contributed by atoms with Gasteiger partial charge in [0.2, 0.25) is 15.9 Å². The molecule has 0 heterocycles. The highest BCUT2D eigenvalue weighted by Gasteiger charge is 2.25. The van der Waals surface area contributed by atoms with Crippen LogP contribution in [-0.2, 0) is 36.2 Å². The molecule has 3 aromatic rings. The van der Waals surface area contributed by atoms with Crippen LogP contribution in [0.25, 0.3) is 0 Å². The summed E-state index contributed by atoms with van der Waals surface area (Å²) in [6.45, 7) is 1.41. The van der Waals surface area contributed by atoms with Crippen molar-refractivity contribution in [3.8, 4) is 5.75 Å². The fourth-order valence-corrected chi connectivity index (χ4v) is 5.55. The van der Waals surface area contributed by atoms with Gasteiger partial charge in [-0.15, -0.1) is 0 Å². The molecule has 0 spiro atoms. The van der Waals surface area contributed by atoms with E-state index in [1.807, 2.05) is 0 Å². The van der Waals surface area contributed by atoms with E-state index in [4.69, 9.17) is 8.92 Å². The summed E-state index contributed by atoms with van der Waals surface area (Å²) in [7, 11) is -6.74. The van der Waals surface area contributed by atoms with E-state index in [0.29, 0.717) is 11.3 Å². The Morgan fingerprint density at radius 2 is 1.58 bits per heavy atom. The van der Waals surface area contributed by atoms with Crippen molar-refractivity contribution in [3.63, 3.8) is 0 Å². The lowest BCUT2D eigenvalue weighted by Gasteiger charge is -2.22. The zero-order valence-corrected chi connectivity index (χ0v) is 21.2. The summed E-state index contributed by atoms with van der Waals surface area (Å²) in [6.07, 6.45) is 0. The molecule has 0 bridgehead atoms. The molecule has 0 radical (unpaired) electrons. The predicted octanol–water partition coefficient (Wildman–Crippen LogP) is 3.39. The van der Waals surface area contributed by atoms with Crippen molar-refractivity contribution in [2.75, 3.05) is 25.6 Å². The standard InChI is InChI=1S/C24H25FN2O7S2/c1-18(28)26-21-8-12-23(13-9-21)35(29,30)27(14-15-33-2)17-19-4-3-5-22(16-19)34-36(31,32)24-10-6-20(25)7-11-24/h3-13,16H,14-15,17H2,1-2H3,(H,26,28). The molecule has 9 nitrogen and oxygen atoms in total. The summed E-state index contributed by atoms with van der Waals surface area (Å²) in [4.78, 5) is 11.0. The molecule has 36 heavy (non-hydrogen) atoms. The minimum absolute atomic E-state index is 0.0130. The SMILES string of the molecule is COCCN(Cc1cccc(OS(=O)(=O)c2ccc(F)cc2)c1)S(=O)(=O)c1ccc(NC(C)=O)cc1. The van der Waals surface area contributed by atoms with Crippen LogP contribution in [0.5, 0.6) is 5.75 Å². The lowest BCUT2D eigenvalue weighted by atomic mass is 10.2. The number of hydrogen-bond donors (Lipinski definition) is 1. The number of benzene rings is 3. The van der Waals surface area contributed by atoms with Gasteiger partial charge in [0.25, 0.3) is 0 Å². The zero-order chi connectivity index (χ0) is 26.3. The Bertz CT molecular complexity index is 1410. The quantitative estimate of drug-likeness (QED) is 0.373. The number of halogens is 1. The summed E-state index contributed by atoms with van der Waals surface area (Å²) < 4.78 is 76.3. The van der Waals surface area contributed by atoms with Crippen LogP contribution in [0.1, 0.15) is 12.5 Å². The van der Waals surface area contributed by atoms with Gasteiger partial charge in [0.05, 0.1) is 11.5 Å². The minimum atomic E-state index is -4.22. The van der Waals surface area contributed by atoms with Crippen molar-refractivity contribution in [3.05, 3.63) is 84.2 Å². The van der Waals surface area contributed by atoms with Crippen LogP contribution in [0, 0.1) is 5.82 Å². The average molecular weight is 537 g/mol. The van der Waals surface area contributed by atoms with Crippen LogP contribution in [-0.4, -0.2) is 47.3 Å². The zero-order valence-electron chi connectivity index (χ0n) is 19.5. The largest absolute Gasteiger partial charge is 0.383 e. The Morgan fingerprint density at radius 3 is 2.19 bits per heavy atom. The fourth-order valence-electron chi connectivity index (χ4n) is 3.22. The van der Waals surface area contributed by atoms with Crippen molar-refractivity contribution < 1.29 is 34.9 Å². The summed E-state index contributed by atoms with van der Waals surface area (Å²) in [5.74, 6) is -0.894. The first-order chi connectivity index (χ1) is 17.0. The number of amides is 1. The normalized spacial score (nSPS) is 11.9. The molecule has 192 valence electrons. The maximum absolute atomic E-state index is 13.3. The van der Waals surface area contributed by atoms with E-state index in [9.17, 15) is 26.0 Å². The van der Waals surface area contributed by atoms with Crippen LogP contribution >= 0.6 is 0 Å². The molecule has 0 fully saturated rings. The van der Waals surface area contributed by atoms with E-state index < -0.39 is 26.0 Å². The van der Waals surface area contributed by atoms with Gasteiger partial charge in [0.15, 0.2) is 0 Å². The predicted molar refractivity (Wildman–Crippen MR) is 131 cm³/mol. The first-order valence-corrected chi connectivity index (χ1v) is 13.5. The van der Waals surface area contributed by atoms with E-state index in [2.05, 4.69) is 5.32 Å². The lowest BCUT2D eigenvalue weighted by Crippen LogP contribution is -2.33. The molecule has 0 aliphatic heterocycles. The molecule has 1 amide bonds. The fraction of sp³-hybridized carbons (Fsp3) is 0.208. The van der Waals surface area contributed by atoms with Gasteiger partial charge in [-0.3, -0.25) is 4.79 Å². The van der Waals surface area contributed by atoms with E-state index in [-0.39, 0.29) is 41.1 Å². The second-order valence-electron chi connectivity index (χ2n) is 7.68. The number of methoxy groups -OCH3 is 1. The van der Waals surface area contributed by atoms with E-state index in [0.717, 1.165) is 24.3 Å². The van der Waals surface area contributed by atoms with Crippen LogP contribution < -0.4 is 9.50 Å². The third-order valence-corrected chi connectivity index (χ3v) is 8.04. The van der Waals surface area contributed by atoms with Crippen LogP contribution in [0.4, 0.5) is 10.1 Å². The number of carbonyl (C=O) groups is 1. The van der Waals surface area contributed by atoms with Gasteiger partial charge in [-0.05, 0) is 66.2 Å². The molecule has 12 heteroatoms. The highest BCUT2D eigenvalue weighted by atomic mass is 32.2. The van der Waals surface area contributed by atoms with Gasteiger partial charge in [0, 0.05) is 32.8 Å². The Hall–Kier alpha value is -3.32. The molecule has 0 aliphatic rings. The highest BCUT2D eigenvalue weighted by Crippen LogP contribution is 2.24. The summed E-state index contributed by atoms with van der Waals surface area (Å²) >= 11 is 0. The molecule has 0 unspecified atom stereocenters.